The van der Waals surface area contributed by atoms with Crippen LogP contribution in [0.25, 0.3) is 0 Å². The molecule has 3 N–H and O–H groups in total. The van der Waals surface area contributed by atoms with Crippen LogP contribution >= 0.6 is 0 Å². The number of carboxylic acids is 1. The number of anilines is 1. The molecule has 0 saturated heterocycles. The quantitative estimate of drug-likeness (QED) is 0.478. The monoisotopic (exact) mass is 304 g/mol. The summed E-state index contributed by atoms with van der Waals surface area (Å²) < 4.78 is 14.4. The van der Waals surface area contributed by atoms with Gasteiger partial charge in [0.2, 0.25) is 5.78 Å². The molecule has 22 heavy (non-hydrogen) atoms. The first-order valence-corrected chi connectivity index (χ1v) is 6.37. The molecule has 0 saturated carbocycles. The zero-order valence-electron chi connectivity index (χ0n) is 11.5. The van der Waals surface area contributed by atoms with Crippen molar-refractivity contribution in [2.24, 2.45) is 0 Å². The van der Waals surface area contributed by atoms with Gasteiger partial charge in [-0.1, -0.05) is 12.1 Å². The maximum absolute atomic E-state index is 12.9. The van der Waals surface area contributed by atoms with Crippen LogP contribution in [0.2, 0.25) is 0 Å². The third-order valence-electron chi connectivity index (χ3n) is 3.08. The number of carbonyl (C=O) groups excluding carboxylic acids is 2. The Kier molecular flexibility index (Phi) is 4.36. The van der Waals surface area contributed by atoms with Crippen molar-refractivity contribution in [1.29, 1.82) is 0 Å². The molecule has 0 atom stereocenters. The van der Waals surface area contributed by atoms with E-state index in [1.54, 1.807) is 18.3 Å². The minimum absolute atomic E-state index is 0.0684. The summed E-state index contributed by atoms with van der Waals surface area (Å²) >= 11 is 0. The van der Waals surface area contributed by atoms with Crippen LogP contribution in [-0.4, -0.2) is 27.2 Å². The smallest absolute Gasteiger partial charge is 0.372 e. The Bertz CT molecular complexity index is 735. The highest BCUT2D eigenvalue weighted by molar-refractivity contribution is 6.37. The molecule has 0 spiro atoms. The second kappa shape index (κ2) is 6.21. The molecule has 0 aliphatic carbocycles. The third-order valence-corrected chi connectivity index (χ3v) is 3.08. The summed E-state index contributed by atoms with van der Waals surface area (Å²) in [6.45, 7) is 0.250. The van der Waals surface area contributed by atoms with E-state index in [9.17, 15) is 18.8 Å². The molecule has 0 unspecified atom stereocenters. The number of halogens is 1. The van der Waals surface area contributed by atoms with Crippen molar-refractivity contribution in [2.45, 2.75) is 13.0 Å². The van der Waals surface area contributed by atoms with Crippen molar-refractivity contribution in [3.8, 4) is 0 Å². The highest BCUT2D eigenvalue weighted by Gasteiger charge is 2.22. The standard InChI is InChI=1S/C15H13FN2O4/c16-10-3-1-9(2-4-10)8-18-6-5-11(17)14(18)12(19)7-13(20)15(21)22/h1-6H,7-8,17H2,(H,21,22). The number of aromatic nitrogens is 1. The lowest BCUT2D eigenvalue weighted by atomic mass is 10.1. The number of hydrogen-bond acceptors (Lipinski definition) is 4. The fourth-order valence-corrected chi connectivity index (χ4v) is 2.03. The Morgan fingerprint density at radius 1 is 1.14 bits per heavy atom. The van der Waals surface area contributed by atoms with Gasteiger partial charge in [0.15, 0.2) is 5.78 Å². The topological polar surface area (TPSA) is 102 Å². The van der Waals surface area contributed by atoms with Crippen LogP contribution in [0.15, 0.2) is 36.5 Å². The van der Waals surface area contributed by atoms with Crippen molar-refractivity contribution in [2.75, 3.05) is 5.73 Å². The molecule has 1 aromatic carbocycles. The molecule has 2 rings (SSSR count). The second-order valence-electron chi connectivity index (χ2n) is 4.70. The minimum Gasteiger partial charge on any atom is -0.475 e. The Balaban J connectivity index is 2.24. The van der Waals surface area contributed by atoms with E-state index >= 15 is 0 Å². The first kappa shape index (κ1) is 15.4. The van der Waals surface area contributed by atoms with Gasteiger partial charge in [0.05, 0.1) is 12.1 Å². The van der Waals surface area contributed by atoms with Crippen molar-refractivity contribution < 1.29 is 23.9 Å². The van der Waals surface area contributed by atoms with E-state index < -0.39 is 24.0 Å². The van der Waals surface area contributed by atoms with E-state index in [1.807, 2.05) is 0 Å². The molecular formula is C15H13FN2O4. The normalized spacial score (nSPS) is 10.4. The molecule has 0 aliphatic rings. The summed E-state index contributed by atoms with van der Waals surface area (Å²) in [5.41, 5.74) is 6.67. The van der Waals surface area contributed by atoms with Crippen LogP contribution in [0, 0.1) is 5.82 Å². The van der Waals surface area contributed by atoms with Crippen LogP contribution in [0.1, 0.15) is 22.5 Å². The first-order chi connectivity index (χ1) is 10.4. The van der Waals surface area contributed by atoms with E-state index in [0.717, 1.165) is 5.56 Å². The summed E-state index contributed by atoms with van der Waals surface area (Å²) in [6, 6.07) is 7.18. The van der Waals surface area contributed by atoms with Gasteiger partial charge in [0, 0.05) is 12.7 Å². The fraction of sp³-hybridized carbons (Fsp3) is 0.133. The lowest BCUT2D eigenvalue weighted by Gasteiger charge is -2.09. The number of nitrogen functional groups attached to an aromatic ring is 1. The molecular weight excluding hydrogens is 291 g/mol. The van der Waals surface area contributed by atoms with E-state index in [-0.39, 0.29) is 23.7 Å². The number of benzene rings is 1. The molecule has 7 heteroatoms. The molecule has 6 nitrogen and oxygen atoms in total. The Morgan fingerprint density at radius 3 is 2.36 bits per heavy atom. The van der Waals surface area contributed by atoms with Gasteiger partial charge in [0.1, 0.15) is 11.5 Å². The van der Waals surface area contributed by atoms with Gasteiger partial charge in [0.25, 0.3) is 0 Å². The SMILES string of the molecule is Nc1ccn(Cc2ccc(F)cc2)c1C(=O)CC(=O)C(=O)O. The van der Waals surface area contributed by atoms with Crippen LogP contribution in [0.3, 0.4) is 0 Å². The highest BCUT2D eigenvalue weighted by Crippen LogP contribution is 2.18. The van der Waals surface area contributed by atoms with Gasteiger partial charge < -0.3 is 15.4 Å². The number of ketones is 2. The molecule has 0 bridgehead atoms. The van der Waals surface area contributed by atoms with Crippen LogP contribution < -0.4 is 5.73 Å². The number of aliphatic carboxylic acids is 1. The van der Waals surface area contributed by atoms with Gasteiger partial charge in [-0.25, -0.2) is 9.18 Å². The summed E-state index contributed by atoms with van der Waals surface area (Å²) in [4.78, 5) is 33.7. The summed E-state index contributed by atoms with van der Waals surface area (Å²) in [5, 5.41) is 8.55. The van der Waals surface area contributed by atoms with Gasteiger partial charge in [-0.05, 0) is 23.8 Å². The lowest BCUT2D eigenvalue weighted by molar-refractivity contribution is -0.148. The highest BCUT2D eigenvalue weighted by atomic mass is 19.1. The average molecular weight is 304 g/mol. The Morgan fingerprint density at radius 2 is 1.77 bits per heavy atom. The van der Waals surface area contributed by atoms with Crippen LogP contribution in [0.5, 0.6) is 0 Å². The summed E-state index contributed by atoms with van der Waals surface area (Å²) in [6.07, 6.45) is 0.796. The zero-order valence-corrected chi connectivity index (χ0v) is 11.5. The lowest BCUT2D eigenvalue weighted by Crippen LogP contribution is -2.20. The van der Waals surface area contributed by atoms with Crippen molar-refractivity contribution >= 4 is 23.2 Å². The Labute approximate surface area is 125 Å². The van der Waals surface area contributed by atoms with E-state index in [1.165, 1.54) is 22.8 Å². The summed E-state index contributed by atoms with van der Waals surface area (Å²) in [5.74, 6) is -3.90. The van der Waals surface area contributed by atoms with Crippen LogP contribution in [0.4, 0.5) is 10.1 Å². The van der Waals surface area contributed by atoms with E-state index in [4.69, 9.17) is 10.8 Å². The maximum atomic E-state index is 12.9. The summed E-state index contributed by atoms with van der Waals surface area (Å²) in [7, 11) is 0. The molecule has 0 radical (unpaired) electrons. The number of nitrogens with zero attached hydrogens (tertiary/aromatic N) is 1. The fourth-order valence-electron chi connectivity index (χ4n) is 2.03. The molecule has 1 aromatic heterocycles. The Hall–Kier alpha value is -2.96. The van der Waals surface area contributed by atoms with Gasteiger partial charge in [-0.15, -0.1) is 0 Å². The first-order valence-electron chi connectivity index (χ1n) is 6.37. The van der Waals surface area contributed by atoms with E-state index in [2.05, 4.69) is 0 Å². The van der Waals surface area contributed by atoms with Crippen molar-refractivity contribution in [3.63, 3.8) is 0 Å². The molecule has 0 aliphatic heterocycles. The molecule has 2 aromatic rings. The molecule has 0 fully saturated rings. The second-order valence-corrected chi connectivity index (χ2v) is 4.70. The average Bonchev–Trinajstić information content (AvgIpc) is 2.82. The third kappa shape index (κ3) is 3.38. The maximum Gasteiger partial charge on any atom is 0.372 e. The predicted molar refractivity (Wildman–Crippen MR) is 75.9 cm³/mol. The largest absolute Gasteiger partial charge is 0.475 e. The van der Waals surface area contributed by atoms with Crippen molar-refractivity contribution in [1.82, 2.24) is 4.57 Å². The van der Waals surface area contributed by atoms with Crippen molar-refractivity contribution in [3.05, 3.63) is 53.6 Å². The number of hydrogen-bond donors (Lipinski definition) is 2. The van der Waals surface area contributed by atoms with Gasteiger partial charge in [-0.3, -0.25) is 9.59 Å². The minimum atomic E-state index is -1.66. The number of nitrogens with two attached hydrogens (primary N) is 1. The van der Waals surface area contributed by atoms with Crippen LogP contribution in [-0.2, 0) is 16.1 Å². The number of carbonyl (C=O) groups is 3. The molecule has 114 valence electrons. The van der Waals surface area contributed by atoms with E-state index in [0.29, 0.717) is 0 Å². The molecule has 1 heterocycles. The number of carboxylic acid groups (broad SMARTS) is 1. The van der Waals surface area contributed by atoms with Gasteiger partial charge in [-0.2, -0.15) is 0 Å². The zero-order chi connectivity index (χ0) is 16.3. The number of rotatable bonds is 6. The predicted octanol–water partition coefficient (Wildman–Crippen LogP) is 1.48. The molecule has 0 amide bonds. The number of Topliss-reactive ketones (excluding diaryl/α,β-unsaturated/α-hetero) is 2. The van der Waals surface area contributed by atoms with Gasteiger partial charge >= 0.3 is 5.97 Å².